The van der Waals surface area contributed by atoms with Gasteiger partial charge in [-0.2, -0.15) is 4.98 Å². The van der Waals surface area contributed by atoms with Crippen LogP contribution < -0.4 is 5.73 Å². The predicted octanol–water partition coefficient (Wildman–Crippen LogP) is 3.21. The number of aryl methyl sites for hydroxylation is 1. The zero-order valence-electron chi connectivity index (χ0n) is 10.6. The number of hydrogen-bond acceptors (Lipinski definition) is 5. The maximum Gasteiger partial charge on any atom is 0.226 e. The molecule has 4 nitrogen and oxygen atoms in total. The summed E-state index contributed by atoms with van der Waals surface area (Å²) < 4.78 is 5.15. The Morgan fingerprint density at radius 3 is 3.00 bits per heavy atom. The third-order valence-electron chi connectivity index (χ3n) is 2.66. The molecule has 1 aromatic carbocycles. The van der Waals surface area contributed by atoms with Crippen LogP contribution in [-0.2, 0) is 12.2 Å². The number of anilines is 1. The van der Waals surface area contributed by atoms with Gasteiger partial charge < -0.3 is 10.3 Å². The number of rotatable bonds is 5. The van der Waals surface area contributed by atoms with Gasteiger partial charge in [-0.1, -0.05) is 18.1 Å². The van der Waals surface area contributed by atoms with Crippen molar-refractivity contribution in [2.75, 3.05) is 5.73 Å². The summed E-state index contributed by atoms with van der Waals surface area (Å²) in [5.41, 5.74) is 7.80. The minimum atomic E-state index is 0.706. The summed E-state index contributed by atoms with van der Waals surface area (Å²) in [5, 5.41) is 3.96. The number of hydrogen-bond donors (Lipinski definition) is 1. The second-order valence-electron chi connectivity index (χ2n) is 4.11. The van der Waals surface area contributed by atoms with Crippen LogP contribution in [0.2, 0.25) is 0 Å². The first-order valence-electron chi connectivity index (χ1n) is 6.00. The van der Waals surface area contributed by atoms with Crippen molar-refractivity contribution in [3.63, 3.8) is 0 Å². The van der Waals surface area contributed by atoms with E-state index in [2.05, 4.69) is 23.1 Å². The molecule has 5 heteroatoms. The lowest BCUT2D eigenvalue weighted by Gasteiger charge is -2.05. The van der Waals surface area contributed by atoms with Crippen molar-refractivity contribution >= 4 is 17.4 Å². The average Bonchev–Trinajstić information content (AvgIpc) is 2.79. The van der Waals surface area contributed by atoms with E-state index in [1.54, 1.807) is 11.8 Å². The van der Waals surface area contributed by atoms with Crippen LogP contribution >= 0.6 is 11.8 Å². The highest BCUT2D eigenvalue weighted by atomic mass is 32.2. The summed E-state index contributed by atoms with van der Waals surface area (Å²) in [6.45, 7) is 4.12. The first kappa shape index (κ1) is 13.0. The molecule has 2 rings (SSSR count). The molecule has 0 spiro atoms. The first-order chi connectivity index (χ1) is 8.70. The first-order valence-corrected chi connectivity index (χ1v) is 6.98. The summed E-state index contributed by atoms with van der Waals surface area (Å²) in [6.07, 6.45) is 1.86. The molecule has 0 bridgehead atoms. The van der Waals surface area contributed by atoms with E-state index in [1.807, 2.05) is 19.1 Å². The SMILES string of the molecule is CCCc1nc(CSc2cccc(N)c2C)no1. The van der Waals surface area contributed by atoms with Crippen LogP contribution in [0.1, 0.15) is 30.6 Å². The Kier molecular flexibility index (Phi) is 4.25. The van der Waals surface area contributed by atoms with Crippen molar-refractivity contribution in [2.45, 2.75) is 37.3 Å². The van der Waals surface area contributed by atoms with E-state index in [-0.39, 0.29) is 0 Å². The topological polar surface area (TPSA) is 64.9 Å². The summed E-state index contributed by atoms with van der Waals surface area (Å²) >= 11 is 1.68. The molecule has 0 amide bonds. The van der Waals surface area contributed by atoms with Crippen molar-refractivity contribution in [1.82, 2.24) is 10.1 Å². The minimum absolute atomic E-state index is 0.706. The number of thioether (sulfide) groups is 1. The fourth-order valence-corrected chi connectivity index (χ4v) is 2.51. The highest BCUT2D eigenvalue weighted by Crippen LogP contribution is 2.28. The maximum atomic E-state index is 5.87. The minimum Gasteiger partial charge on any atom is -0.398 e. The number of nitrogens with two attached hydrogens (primary N) is 1. The molecule has 0 fully saturated rings. The Bertz CT molecular complexity index is 525. The van der Waals surface area contributed by atoms with Gasteiger partial charge in [0.05, 0.1) is 5.75 Å². The highest BCUT2D eigenvalue weighted by Gasteiger charge is 2.07. The molecule has 0 atom stereocenters. The number of nitrogens with zero attached hydrogens (tertiary/aromatic N) is 2. The Morgan fingerprint density at radius 1 is 1.39 bits per heavy atom. The Balaban J connectivity index is 2.00. The Hall–Kier alpha value is -1.49. The van der Waals surface area contributed by atoms with Crippen LogP contribution in [0.4, 0.5) is 5.69 Å². The molecule has 0 aliphatic heterocycles. The van der Waals surface area contributed by atoms with Crippen molar-refractivity contribution < 1.29 is 4.52 Å². The molecule has 96 valence electrons. The van der Waals surface area contributed by atoms with Crippen molar-refractivity contribution in [3.05, 3.63) is 35.5 Å². The standard InChI is InChI=1S/C13H17N3OS/c1-3-5-13-15-12(16-17-13)8-18-11-7-4-6-10(14)9(11)2/h4,6-7H,3,5,8,14H2,1-2H3. The zero-order chi connectivity index (χ0) is 13.0. The average molecular weight is 263 g/mol. The van der Waals surface area contributed by atoms with Crippen molar-refractivity contribution in [1.29, 1.82) is 0 Å². The van der Waals surface area contributed by atoms with E-state index < -0.39 is 0 Å². The van der Waals surface area contributed by atoms with E-state index in [0.29, 0.717) is 5.75 Å². The molecule has 18 heavy (non-hydrogen) atoms. The van der Waals surface area contributed by atoms with Crippen molar-refractivity contribution in [2.24, 2.45) is 0 Å². The monoisotopic (exact) mass is 263 g/mol. The summed E-state index contributed by atoms with van der Waals surface area (Å²) in [5.74, 6) is 2.17. The smallest absolute Gasteiger partial charge is 0.226 e. The zero-order valence-corrected chi connectivity index (χ0v) is 11.5. The van der Waals surface area contributed by atoms with Gasteiger partial charge in [-0.25, -0.2) is 0 Å². The Labute approximate surface area is 111 Å². The van der Waals surface area contributed by atoms with E-state index in [1.165, 1.54) is 0 Å². The third-order valence-corrected chi connectivity index (χ3v) is 3.81. The molecule has 0 aliphatic rings. The van der Waals surface area contributed by atoms with Gasteiger partial charge >= 0.3 is 0 Å². The molecule has 1 aromatic heterocycles. The van der Waals surface area contributed by atoms with E-state index >= 15 is 0 Å². The number of aromatic nitrogens is 2. The van der Waals surface area contributed by atoms with Crippen LogP contribution in [0.5, 0.6) is 0 Å². The van der Waals surface area contributed by atoms with Gasteiger partial charge in [-0.15, -0.1) is 11.8 Å². The molecule has 0 unspecified atom stereocenters. The summed E-state index contributed by atoms with van der Waals surface area (Å²) in [7, 11) is 0. The van der Waals surface area contributed by atoms with Gasteiger partial charge in [0, 0.05) is 17.0 Å². The van der Waals surface area contributed by atoms with E-state index in [9.17, 15) is 0 Å². The molecule has 0 saturated carbocycles. The van der Waals surface area contributed by atoms with E-state index in [0.717, 1.165) is 40.7 Å². The second-order valence-corrected chi connectivity index (χ2v) is 5.13. The van der Waals surface area contributed by atoms with Crippen LogP contribution in [-0.4, -0.2) is 10.1 Å². The Morgan fingerprint density at radius 2 is 2.22 bits per heavy atom. The quantitative estimate of drug-likeness (QED) is 0.663. The molecule has 2 N–H and O–H groups in total. The molecule has 2 aromatic rings. The van der Waals surface area contributed by atoms with Gasteiger partial charge in [-0.05, 0) is 31.0 Å². The number of nitrogen functional groups attached to an aromatic ring is 1. The second kappa shape index (κ2) is 5.91. The lowest BCUT2D eigenvalue weighted by molar-refractivity contribution is 0.373. The molecule has 1 heterocycles. The summed E-state index contributed by atoms with van der Waals surface area (Å²) in [6, 6.07) is 5.93. The summed E-state index contributed by atoms with van der Waals surface area (Å²) in [4.78, 5) is 5.50. The maximum absolute atomic E-state index is 5.87. The number of benzene rings is 1. The fraction of sp³-hybridized carbons (Fsp3) is 0.385. The highest BCUT2D eigenvalue weighted by molar-refractivity contribution is 7.98. The molecule has 0 saturated heterocycles. The molecular weight excluding hydrogens is 246 g/mol. The fourth-order valence-electron chi connectivity index (χ4n) is 1.59. The van der Waals surface area contributed by atoms with E-state index in [4.69, 9.17) is 10.3 Å². The lowest BCUT2D eigenvalue weighted by Crippen LogP contribution is -1.92. The molecule has 0 aliphatic carbocycles. The lowest BCUT2D eigenvalue weighted by atomic mass is 10.2. The third kappa shape index (κ3) is 3.04. The molecular formula is C13H17N3OS. The molecule has 0 radical (unpaired) electrons. The predicted molar refractivity (Wildman–Crippen MR) is 73.4 cm³/mol. The van der Waals surface area contributed by atoms with Gasteiger partial charge in [0.2, 0.25) is 5.89 Å². The van der Waals surface area contributed by atoms with Crippen LogP contribution in [0.3, 0.4) is 0 Å². The van der Waals surface area contributed by atoms with Crippen molar-refractivity contribution in [3.8, 4) is 0 Å². The van der Waals surface area contributed by atoms with Gasteiger partial charge in [0.25, 0.3) is 0 Å². The van der Waals surface area contributed by atoms with Gasteiger partial charge in [-0.3, -0.25) is 0 Å². The van der Waals surface area contributed by atoms with Crippen LogP contribution in [0, 0.1) is 6.92 Å². The van der Waals surface area contributed by atoms with Crippen LogP contribution in [0.15, 0.2) is 27.6 Å². The largest absolute Gasteiger partial charge is 0.398 e. The van der Waals surface area contributed by atoms with Crippen LogP contribution in [0.25, 0.3) is 0 Å². The normalized spacial score (nSPS) is 10.8. The van der Waals surface area contributed by atoms with Gasteiger partial charge in [0.15, 0.2) is 5.82 Å². The van der Waals surface area contributed by atoms with Gasteiger partial charge in [0.1, 0.15) is 0 Å².